The van der Waals surface area contributed by atoms with E-state index in [1.807, 2.05) is 60.7 Å². The van der Waals surface area contributed by atoms with E-state index in [4.69, 9.17) is 4.74 Å². The van der Waals surface area contributed by atoms with Crippen molar-refractivity contribution in [2.75, 3.05) is 0 Å². The molecule has 0 radical (unpaired) electrons. The molecular formula is C24H23NO3. The number of ether oxygens (including phenoxy) is 1. The number of fused-ring (bicyclic) bond motifs is 2. The molecule has 3 aliphatic rings. The van der Waals surface area contributed by atoms with Crippen molar-refractivity contribution in [1.29, 1.82) is 0 Å². The van der Waals surface area contributed by atoms with Crippen molar-refractivity contribution in [1.82, 2.24) is 5.32 Å². The summed E-state index contributed by atoms with van der Waals surface area (Å²) >= 11 is 0. The second-order valence-electron chi connectivity index (χ2n) is 7.86. The number of rotatable bonds is 2. The first kappa shape index (κ1) is 17.1. The summed E-state index contributed by atoms with van der Waals surface area (Å²) in [6, 6.07) is 17.7. The third kappa shape index (κ3) is 2.63. The minimum absolute atomic E-state index is 0.0298. The van der Waals surface area contributed by atoms with Gasteiger partial charge in [0.2, 0.25) is 0 Å². The molecule has 2 aliphatic heterocycles. The topological polar surface area (TPSA) is 58.6 Å². The Bertz CT molecular complexity index is 978. The van der Waals surface area contributed by atoms with Crippen LogP contribution in [0.2, 0.25) is 0 Å². The van der Waals surface area contributed by atoms with Gasteiger partial charge in [-0.25, -0.2) is 0 Å². The summed E-state index contributed by atoms with van der Waals surface area (Å²) in [5, 5.41) is 14.0. The first-order valence-electron chi connectivity index (χ1n) is 9.95. The van der Waals surface area contributed by atoms with Gasteiger partial charge in [0.05, 0.1) is 5.57 Å². The summed E-state index contributed by atoms with van der Waals surface area (Å²) in [6.45, 7) is 0. The van der Waals surface area contributed by atoms with Crippen LogP contribution in [0.5, 0.6) is 5.75 Å². The number of carbonyl (C=O) groups excluding carboxylic acids is 1. The molecule has 1 amide bonds. The number of hydrogen-bond acceptors (Lipinski definition) is 3. The van der Waals surface area contributed by atoms with Gasteiger partial charge in [0.1, 0.15) is 11.5 Å². The Balaban J connectivity index is 1.63. The number of hydrogen-bond donors (Lipinski definition) is 2. The Morgan fingerprint density at radius 3 is 2.75 bits per heavy atom. The van der Waals surface area contributed by atoms with Crippen LogP contribution in [0.3, 0.4) is 0 Å². The largest absolute Gasteiger partial charge is 0.507 e. The standard InChI is InChI=1S/C24H23NO3/c26-19(14-13-16-8-2-1-3-9-16)22-21-17-10-4-5-12-20(17)28-24(25-23(22)27)15-7-6-11-18(21)24/h1-5,8-10,12-14,18,21,26H,6-7,11,15H2,(H,25,27)/b14-13+,22-19-/t18-,21+,24-/m1/s1. The number of carbonyl (C=O) groups is 1. The van der Waals surface area contributed by atoms with Crippen LogP contribution in [0, 0.1) is 5.92 Å². The molecule has 4 nitrogen and oxygen atoms in total. The summed E-state index contributed by atoms with van der Waals surface area (Å²) < 4.78 is 6.37. The van der Waals surface area contributed by atoms with Crippen molar-refractivity contribution in [3.8, 4) is 5.75 Å². The van der Waals surface area contributed by atoms with Crippen LogP contribution in [0.4, 0.5) is 0 Å². The third-order valence-electron chi connectivity index (χ3n) is 6.25. The maximum absolute atomic E-state index is 13.1. The van der Waals surface area contributed by atoms with Gasteiger partial charge in [0, 0.05) is 23.8 Å². The van der Waals surface area contributed by atoms with Crippen molar-refractivity contribution < 1.29 is 14.6 Å². The predicted molar refractivity (Wildman–Crippen MR) is 108 cm³/mol. The minimum Gasteiger partial charge on any atom is -0.507 e. The molecule has 0 spiro atoms. The fourth-order valence-corrected chi connectivity index (χ4v) is 5.02. The van der Waals surface area contributed by atoms with E-state index in [-0.39, 0.29) is 23.5 Å². The van der Waals surface area contributed by atoms with Gasteiger partial charge in [-0.3, -0.25) is 4.79 Å². The lowest BCUT2D eigenvalue weighted by atomic mass is 9.64. The summed E-state index contributed by atoms with van der Waals surface area (Å²) in [5.41, 5.74) is 1.77. The lowest BCUT2D eigenvalue weighted by molar-refractivity contribution is -0.140. The Morgan fingerprint density at radius 2 is 1.89 bits per heavy atom. The number of allylic oxidation sites excluding steroid dienone is 1. The molecule has 4 heteroatoms. The van der Waals surface area contributed by atoms with Gasteiger partial charge in [0.25, 0.3) is 5.91 Å². The number of piperidine rings is 1. The normalized spacial score (nSPS) is 30.1. The molecule has 3 atom stereocenters. The molecule has 2 aromatic carbocycles. The van der Waals surface area contributed by atoms with Gasteiger partial charge in [0.15, 0.2) is 5.72 Å². The van der Waals surface area contributed by atoms with Crippen LogP contribution in [-0.4, -0.2) is 16.7 Å². The van der Waals surface area contributed by atoms with Gasteiger partial charge in [-0.15, -0.1) is 0 Å². The molecule has 1 saturated carbocycles. The van der Waals surface area contributed by atoms with E-state index in [9.17, 15) is 9.90 Å². The zero-order valence-corrected chi connectivity index (χ0v) is 15.6. The van der Waals surface area contributed by atoms with E-state index in [1.54, 1.807) is 6.08 Å². The van der Waals surface area contributed by atoms with Crippen molar-refractivity contribution in [3.05, 3.63) is 83.1 Å². The Labute approximate surface area is 164 Å². The molecule has 0 aromatic heterocycles. The van der Waals surface area contributed by atoms with E-state index in [0.29, 0.717) is 5.57 Å². The molecular weight excluding hydrogens is 350 g/mol. The first-order valence-corrected chi connectivity index (χ1v) is 9.95. The maximum Gasteiger partial charge on any atom is 0.254 e. The number of aliphatic hydroxyl groups excluding tert-OH is 1. The smallest absolute Gasteiger partial charge is 0.254 e. The van der Waals surface area contributed by atoms with Crippen LogP contribution < -0.4 is 10.1 Å². The highest BCUT2D eigenvalue weighted by atomic mass is 16.5. The molecule has 2 heterocycles. The van der Waals surface area contributed by atoms with Crippen LogP contribution >= 0.6 is 0 Å². The number of aliphatic hydroxyl groups is 1. The molecule has 2 N–H and O–H groups in total. The molecule has 1 saturated heterocycles. The molecule has 2 fully saturated rings. The van der Waals surface area contributed by atoms with Crippen molar-refractivity contribution >= 4 is 12.0 Å². The van der Waals surface area contributed by atoms with Crippen molar-refractivity contribution in [3.63, 3.8) is 0 Å². The highest BCUT2D eigenvalue weighted by Gasteiger charge is 2.57. The van der Waals surface area contributed by atoms with Crippen LogP contribution in [0.1, 0.15) is 42.7 Å². The van der Waals surface area contributed by atoms with Crippen LogP contribution in [-0.2, 0) is 4.79 Å². The zero-order chi connectivity index (χ0) is 19.1. The molecule has 5 rings (SSSR count). The van der Waals surface area contributed by atoms with E-state index in [0.717, 1.165) is 42.6 Å². The van der Waals surface area contributed by atoms with Gasteiger partial charge < -0.3 is 15.2 Å². The second kappa shape index (κ2) is 6.55. The minimum atomic E-state index is -0.652. The lowest BCUT2D eigenvalue weighted by Gasteiger charge is -2.54. The van der Waals surface area contributed by atoms with Crippen molar-refractivity contribution in [2.45, 2.75) is 37.3 Å². The average molecular weight is 373 g/mol. The Morgan fingerprint density at radius 1 is 1.11 bits per heavy atom. The Hall–Kier alpha value is -3.01. The monoisotopic (exact) mass is 373 g/mol. The average Bonchev–Trinajstić information content (AvgIpc) is 2.72. The zero-order valence-electron chi connectivity index (χ0n) is 15.6. The highest BCUT2D eigenvalue weighted by Crippen LogP contribution is 2.55. The SMILES string of the molecule is O=C1N[C@@]23CCCC[C@@H]2[C@@H](/C1=C(O)\C=C\c1ccccc1)c1ccccc1O3. The molecule has 28 heavy (non-hydrogen) atoms. The van der Waals surface area contributed by atoms with E-state index in [2.05, 4.69) is 5.32 Å². The van der Waals surface area contributed by atoms with Crippen molar-refractivity contribution in [2.24, 2.45) is 5.92 Å². The lowest BCUT2D eigenvalue weighted by Crippen LogP contribution is -2.66. The van der Waals surface area contributed by atoms with Gasteiger partial charge >= 0.3 is 0 Å². The molecule has 0 unspecified atom stereocenters. The second-order valence-corrected chi connectivity index (χ2v) is 7.86. The fraction of sp³-hybridized carbons (Fsp3) is 0.292. The van der Waals surface area contributed by atoms with Gasteiger partial charge in [-0.05, 0) is 30.5 Å². The third-order valence-corrected chi connectivity index (χ3v) is 6.25. The summed E-state index contributed by atoms with van der Waals surface area (Å²) in [5.74, 6) is 0.591. The van der Waals surface area contributed by atoms with Crippen LogP contribution in [0.25, 0.3) is 6.08 Å². The van der Waals surface area contributed by atoms with Gasteiger partial charge in [-0.1, -0.05) is 61.0 Å². The maximum atomic E-state index is 13.1. The van der Waals surface area contributed by atoms with E-state index < -0.39 is 5.72 Å². The quantitative estimate of drug-likeness (QED) is 0.592. The number of amides is 1. The summed E-state index contributed by atoms with van der Waals surface area (Å²) in [7, 11) is 0. The van der Waals surface area contributed by atoms with Gasteiger partial charge in [-0.2, -0.15) is 0 Å². The van der Waals surface area contributed by atoms with E-state index in [1.165, 1.54) is 0 Å². The summed E-state index contributed by atoms with van der Waals surface area (Å²) in [6.07, 6.45) is 7.39. The predicted octanol–water partition coefficient (Wildman–Crippen LogP) is 4.70. The summed E-state index contributed by atoms with van der Waals surface area (Å²) in [4.78, 5) is 13.1. The number of para-hydroxylation sites is 1. The first-order chi connectivity index (χ1) is 13.7. The molecule has 2 bridgehead atoms. The fourth-order valence-electron chi connectivity index (χ4n) is 5.02. The number of nitrogens with one attached hydrogen (secondary N) is 1. The van der Waals surface area contributed by atoms with Crippen LogP contribution in [0.15, 0.2) is 72.0 Å². The van der Waals surface area contributed by atoms with E-state index >= 15 is 0 Å². The highest BCUT2D eigenvalue weighted by molar-refractivity contribution is 5.98. The molecule has 2 aromatic rings. The Kier molecular flexibility index (Phi) is 4.00. The molecule has 142 valence electrons. The molecule has 1 aliphatic carbocycles. The number of benzene rings is 2.